The topological polar surface area (TPSA) is 71.7 Å². The third kappa shape index (κ3) is 4.46. The molecule has 9 heteroatoms. The van der Waals surface area contributed by atoms with Crippen LogP contribution in [0.3, 0.4) is 0 Å². The van der Waals surface area contributed by atoms with Crippen molar-refractivity contribution in [1.29, 1.82) is 0 Å². The van der Waals surface area contributed by atoms with Gasteiger partial charge in [0.25, 0.3) is 15.9 Å². The van der Waals surface area contributed by atoms with Crippen LogP contribution >= 0.6 is 22.7 Å². The number of aromatic nitrogens is 1. The maximum Gasteiger partial charge on any atom is 0.252 e. The molecular formula is C23H25N3O3S3. The van der Waals surface area contributed by atoms with Crippen LogP contribution in [-0.2, 0) is 21.4 Å². The Balaban J connectivity index is 1.65. The second-order valence-corrected chi connectivity index (χ2v) is 12.3. The lowest BCUT2D eigenvalue weighted by atomic mass is 9.99. The van der Waals surface area contributed by atoms with Crippen molar-refractivity contribution in [3.05, 3.63) is 46.1 Å². The number of hydrogen-bond donors (Lipinski definition) is 0. The first-order valence-corrected chi connectivity index (χ1v) is 13.6. The number of thiazole rings is 1. The third-order valence-electron chi connectivity index (χ3n) is 5.65. The van der Waals surface area contributed by atoms with Gasteiger partial charge in [-0.1, -0.05) is 43.2 Å². The first kappa shape index (κ1) is 22.9. The number of rotatable bonds is 5. The molecule has 1 atom stereocenters. The van der Waals surface area contributed by atoms with E-state index >= 15 is 0 Å². The van der Waals surface area contributed by atoms with Crippen LogP contribution < -0.4 is 4.80 Å². The molecule has 0 radical (unpaired) electrons. The standard InChI is InChI=1S/C23H25N3O3S3/c1-4-11-26-19-10-9-17(16(2)3)14-20(19)31-23(26)24-22(27)18-7-5-12-25(15-18)32(28,29)21-8-6-13-30-21/h1,6,8-10,13-14,16,18H,5,7,11-12,15H2,2-3H3. The van der Waals surface area contributed by atoms with Crippen molar-refractivity contribution in [2.45, 2.75) is 43.4 Å². The number of piperidine rings is 1. The van der Waals surface area contributed by atoms with E-state index in [1.807, 2.05) is 10.6 Å². The molecule has 0 bridgehead atoms. The maximum absolute atomic E-state index is 13.1. The predicted octanol–water partition coefficient (Wildman–Crippen LogP) is 4.05. The summed E-state index contributed by atoms with van der Waals surface area (Å²) >= 11 is 2.63. The van der Waals surface area contributed by atoms with Crippen molar-refractivity contribution >= 4 is 48.8 Å². The lowest BCUT2D eigenvalue weighted by molar-refractivity contribution is -0.122. The fourth-order valence-electron chi connectivity index (χ4n) is 3.86. The van der Waals surface area contributed by atoms with Crippen molar-refractivity contribution in [3.63, 3.8) is 0 Å². The minimum Gasteiger partial charge on any atom is -0.305 e. The van der Waals surface area contributed by atoms with E-state index < -0.39 is 15.9 Å². The van der Waals surface area contributed by atoms with E-state index in [4.69, 9.17) is 6.42 Å². The van der Waals surface area contributed by atoms with Crippen molar-refractivity contribution in [3.8, 4) is 12.3 Å². The number of nitrogens with zero attached hydrogens (tertiary/aromatic N) is 3. The number of terminal acetylenes is 1. The van der Waals surface area contributed by atoms with Crippen LogP contribution in [0.2, 0.25) is 0 Å². The molecule has 1 aromatic carbocycles. The molecule has 1 fully saturated rings. The van der Waals surface area contributed by atoms with Gasteiger partial charge in [0.15, 0.2) is 4.80 Å². The highest BCUT2D eigenvalue weighted by Crippen LogP contribution is 2.27. The number of fused-ring (bicyclic) bond motifs is 1. The Morgan fingerprint density at radius 1 is 1.34 bits per heavy atom. The molecule has 6 nitrogen and oxygen atoms in total. The summed E-state index contributed by atoms with van der Waals surface area (Å²) in [4.78, 5) is 18.1. The van der Waals surface area contributed by atoms with Crippen LogP contribution in [0.4, 0.5) is 0 Å². The number of amides is 1. The molecule has 3 heterocycles. The molecule has 32 heavy (non-hydrogen) atoms. The van der Waals surface area contributed by atoms with Gasteiger partial charge in [-0.25, -0.2) is 8.42 Å². The monoisotopic (exact) mass is 487 g/mol. The van der Waals surface area contributed by atoms with E-state index in [9.17, 15) is 13.2 Å². The zero-order valence-corrected chi connectivity index (χ0v) is 20.5. The Morgan fingerprint density at radius 2 is 2.16 bits per heavy atom. The lowest BCUT2D eigenvalue weighted by Gasteiger charge is -2.29. The van der Waals surface area contributed by atoms with E-state index in [0.717, 1.165) is 10.2 Å². The number of hydrogen-bond acceptors (Lipinski definition) is 5. The number of thiophene rings is 1. The summed E-state index contributed by atoms with van der Waals surface area (Å²) in [6.45, 7) is 5.16. The molecule has 2 aromatic heterocycles. The Labute approximate surface area is 196 Å². The summed E-state index contributed by atoms with van der Waals surface area (Å²) < 4.78 is 30.4. The third-order valence-corrected chi connectivity index (χ3v) is 9.93. The van der Waals surface area contributed by atoms with E-state index in [2.05, 4.69) is 36.9 Å². The van der Waals surface area contributed by atoms with Crippen LogP contribution in [0, 0.1) is 18.3 Å². The molecule has 0 N–H and O–H groups in total. The summed E-state index contributed by atoms with van der Waals surface area (Å²) in [5.74, 6) is 2.28. The molecule has 1 aliphatic rings. The highest BCUT2D eigenvalue weighted by atomic mass is 32.2. The Hall–Kier alpha value is -2.25. The van der Waals surface area contributed by atoms with E-state index in [1.54, 1.807) is 17.5 Å². The molecule has 1 amide bonds. The highest BCUT2D eigenvalue weighted by molar-refractivity contribution is 7.91. The second kappa shape index (κ2) is 9.32. The highest BCUT2D eigenvalue weighted by Gasteiger charge is 2.33. The smallest absolute Gasteiger partial charge is 0.252 e. The number of carbonyl (C=O) groups is 1. The van der Waals surface area contributed by atoms with E-state index in [1.165, 1.54) is 32.5 Å². The van der Waals surface area contributed by atoms with Crippen LogP contribution in [0.15, 0.2) is 44.9 Å². The quantitative estimate of drug-likeness (QED) is 0.510. The first-order chi connectivity index (χ1) is 15.3. The summed E-state index contributed by atoms with van der Waals surface area (Å²) in [5, 5.41) is 1.74. The van der Waals surface area contributed by atoms with Gasteiger partial charge >= 0.3 is 0 Å². The van der Waals surface area contributed by atoms with Crippen molar-refractivity contribution in [1.82, 2.24) is 8.87 Å². The Bertz CT molecular complexity index is 1340. The van der Waals surface area contributed by atoms with Gasteiger partial charge in [0.05, 0.1) is 22.7 Å². The van der Waals surface area contributed by atoms with Gasteiger partial charge < -0.3 is 4.57 Å². The minimum atomic E-state index is -3.58. The molecule has 0 saturated carbocycles. The van der Waals surface area contributed by atoms with E-state index in [0.29, 0.717) is 40.9 Å². The number of sulfonamides is 1. The zero-order valence-electron chi connectivity index (χ0n) is 18.0. The molecule has 1 saturated heterocycles. The van der Waals surface area contributed by atoms with Gasteiger partial charge in [-0.3, -0.25) is 4.79 Å². The normalized spacial score (nSPS) is 18.3. The molecule has 168 valence electrons. The van der Waals surface area contributed by atoms with Gasteiger partial charge in [0.1, 0.15) is 4.21 Å². The maximum atomic E-state index is 13.1. The fourth-order valence-corrected chi connectivity index (χ4v) is 7.62. The predicted molar refractivity (Wildman–Crippen MR) is 129 cm³/mol. The van der Waals surface area contributed by atoms with E-state index in [-0.39, 0.29) is 12.5 Å². The summed E-state index contributed by atoms with van der Waals surface area (Å²) in [6, 6.07) is 9.54. The number of benzene rings is 1. The average Bonchev–Trinajstić information content (AvgIpc) is 3.43. The molecule has 1 unspecified atom stereocenters. The fraction of sp³-hybridized carbons (Fsp3) is 0.391. The molecular weight excluding hydrogens is 462 g/mol. The van der Waals surface area contributed by atoms with Crippen molar-refractivity contribution in [2.24, 2.45) is 10.9 Å². The second-order valence-electron chi connectivity index (χ2n) is 8.14. The molecule has 4 rings (SSSR count). The van der Waals surface area contributed by atoms with Crippen LogP contribution in [0.1, 0.15) is 38.2 Å². The molecule has 3 aromatic rings. The van der Waals surface area contributed by atoms with Gasteiger partial charge in [0, 0.05) is 13.1 Å². The van der Waals surface area contributed by atoms with Gasteiger partial charge in [-0.15, -0.1) is 17.8 Å². The lowest BCUT2D eigenvalue weighted by Crippen LogP contribution is -2.42. The van der Waals surface area contributed by atoms with Crippen molar-refractivity contribution < 1.29 is 13.2 Å². The molecule has 0 spiro atoms. The Kier molecular flexibility index (Phi) is 6.67. The number of carbonyl (C=O) groups excluding carboxylic acids is 1. The average molecular weight is 488 g/mol. The van der Waals surface area contributed by atoms with Crippen LogP contribution in [0.25, 0.3) is 10.2 Å². The SMILES string of the molecule is C#CCn1c(=NC(=O)C2CCCN(S(=O)(=O)c3cccs3)C2)sc2cc(C(C)C)ccc21. The van der Waals surface area contributed by atoms with Gasteiger partial charge in [-0.2, -0.15) is 9.30 Å². The molecule has 0 aliphatic carbocycles. The Morgan fingerprint density at radius 3 is 2.84 bits per heavy atom. The first-order valence-electron chi connectivity index (χ1n) is 10.5. The summed E-state index contributed by atoms with van der Waals surface area (Å²) in [5.41, 5.74) is 2.17. The van der Waals surface area contributed by atoms with Crippen LogP contribution in [0.5, 0.6) is 0 Å². The largest absolute Gasteiger partial charge is 0.305 e. The minimum absolute atomic E-state index is 0.153. The van der Waals surface area contributed by atoms with Crippen molar-refractivity contribution in [2.75, 3.05) is 13.1 Å². The summed E-state index contributed by atoms with van der Waals surface area (Å²) in [6.07, 6.45) is 6.83. The van der Waals surface area contributed by atoms with Gasteiger partial charge in [-0.05, 0) is 47.9 Å². The summed E-state index contributed by atoms with van der Waals surface area (Å²) in [7, 11) is -3.58. The zero-order chi connectivity index (χ0) is 22.9. The molecule has 1 aliphatic heterocycles. The van der Waals surface area contributed by atoms with Gasteiger partial charge in [0.2, 0.25) is 0 Å². The van der Waals surface area contributed by atoms with Crippen LogP contribution in [-0.4, -0.2) is 36.3 Å².